The zero-order valence-corrected chi connectivity index (χ0v) is 21.7. The lowest BCUT2D eigenvalue weighted by molar-refractivity contribution is -0.119. The number of nitrogens with one attached hydrogen (secondary N) is 2. The van der Waals surface area contributed by atoms with Gasteiger partial charge in [0.1, 0.15) is 0 Å². The van der Waals surface area contributed by atoms with Crippen LogP contribution in [-0.2, 0) is 11.2 Å². The lowest BCUT2D eigenvalue weighted by atomic mass is 9.95. The summed E-state index contributed by atoms with van der Waals surface area (Å²) in [7, 11) is 4.77. The number of unbranched alkanes of at least 4 members (excludes halogenated alkanes) is 2. The van der Waals surface area contributed by atoms with Crippen LogP contribution in [0.4, 0.5) is 5.69 Å². The topological polar surface area (TPSA) is 85.9 Å². The second kappa shape index (κ2) is 12.0. The van der Waals surface area contributed by atoms with Crippen molar-refractivity contribution in [3.63, 3.8) is 0 Å². The molecule has 0 saturated carbocycles. The van der Waals surface area contributed by atoms with E-state index >= 15 is 0 Å². The van der Waals surface area contributed by atoms with Gasteiger partial charge in [-0.25, -0.2) is 0 Å². The number of fused-ring (bicyclic) bond motifs is 3. The summed E-state index contributed by atoms with van der Waals surface area (Å²) in [6.07, 6.45) is 5.75. The van der Waals surface area contributed by atoms with E-state index < -0.39 is 0 Å². The van der Waals surface area contributed by atoms with Crippen LogP contribution in [0.2, 0.25) is 0 Å². The Hall–Kier alpha value is -3.22. The third-order valence-corrected chi connectivity index (χ3v) is 6.56. The van der Waals surface area contributed by atoms with E-state index in [4.69, 9.17) is 14.2 Å². The summed E-state index contributed by atoms with van der Waals surface area (Å²) in [5.41, 5.74) is 3.90. The molecule has 2 aromatic rings. The molecule has 1 amide bonds. The van der Waals surface area contributed by atoms with Gasteiger partial charge in [-0.15, -0.1) is 0 Å². The molecule has 35 heavy (non-hydrogen) atoms. The van der Waals surface area contributed by atoms with Gasteiger partial charge in [-0.1, -0.05) is 32.3 Å². The van der Waals surface area contributed by atoms with Gasteiger partial charge in [-0.3, -0.25) is 9.59 Å². The number of ether oxygens (including phenoxy) is 3. The number of hydrogen-bond donors (Lipinski definition) is 2. The quantitative estimate of drug-likeness (QED) is 0.450. The van der Waals surface area contributed by atoms with Crippen molar-refractivity contribution in [2.24, 2.45) is 0 Å². The number of amides is 1. The standard InChI is InChI=1S/C28H38N2O5/c1-7-8-9-10-17(2)29-23-14-12-20-21(16-24(23)32)22(30-18(3)31)13-11-19-15-25(33-4)27(34-5)28(35-6)26(19)20/h12,14-17,22H,7-11,13H2,1-6H3,(H,29,32)(H,30,31)/t17-,22+/m1/s1. The predicted octanol–water partition coefficient (Wildman–Crippen LogP) is 5.24. The van der Waals surface area contributed by atoms with Gasteiger partial charge in [0.15, 0.2) is 11.5 Å². The average molecular weight is 483 g/mol. The molecule has 7 heteroatoms. The molecule has 0 spiro atoms. The van der Waals surface area contributed by atoms with Gasteiger partial charge in [0.25, 0.3) is 0 Å². The summed E-state index contributed by atoms with van der Waals surface area (Å²) in [5.74, 6) is 1.48. The van der Waals surface area contributed by atoms with Crippen molar-refractivity contribution in [1.29, 1.82) is 0 Å². The van der Waals surface area contributed by atoms with E-state index in [-0.39, 0.29) is 23.4 Å². The molecule has 7 nitrogen and oxygen atoms in total. The molecule has 1 aliphatic carbocycles. The Morgan fingerprint density at radius 1 is 1.09 bits per heavy atom. The summed E-state index contributed by atoms with van der Waals surface area (Å²) >= 11 is 0. The molecular weight excluding hydrogens is 444 g/mol. The first kappa shape index (κ1) is 26.4. The molecule has 190 valence electrons. The number of rotatable bonds is 10. The maximum absolute atomic E-state index is 13.3. The largest absolute Gasteiger partial charge is 0.493 e. The highest BCUT2D eigenvalue weighted by atomic mass is 16.5. The summed E-state index contributed by atoms with van der Waals surface area (Å²) < 4.78 is 17.0. The molecule has 3 rings (SSSR count). The molecule has 0 bridgehead atoms. The molecule has 0 aliphatic heterocycles. The molecule has 2 aromatic carbocycles. The highest BCUT2D eigenvalue weighted by Crippen LogP contribution is 2.50. The highest BCUT2D eigenvalue weighted by molar-refractivity contribution is 5.83. The number of anilines is 1. The Balaban J connectivity index is 2.21. The first-order valence-electron chi connectivity index (χ1n) is 12.4. The Bertz CT molecular complexity index is 1120. The van der Waals surface area contributed by atoms with E-state index in [1.807, 2.05) is 18.2 Å². The SMILES string of the molecule is CCCCC[C@@H](C)Nc1ccc2c(cc1=O)[C@@H](NC(C)=O)CCc1cc(OC)c(OC)c(OC)c1-2. The number of methoxy groups -OCH3 is 3. The predicted molar refractivity (Wildman–Crippen MR) is 140 cm³/mol. The highest BCUT2D eigenvalue weighted by Gasteiger charge is 2.29. The Morgan fingerprint density at radius 2 is 1.83 bits per heavy atom. The second-order valence-corrected chi connectivity index (χ2v) is 9.14. The molecule has 0 radical (unpaired) electrons. The van der Waals surface area contributed by atoms with Crippen molar-refractivity contribution in [3.05, 3.63) is 45.6 Å². The van der Waals surface area contributed by atoms with Gasteiger partial charge in [0.2, 0.25) is 17.1 Å². The molecule has 0 unspecified atom stereocenters. The normalized spacial score (nSPS) is 15.2. The first-order chi connectivity index (χ1) is 16.8. The summed E-state index contributed by atoms with van der Waals surface area (Å²) in [6.45, 7) is 5.78. The van der Waals surface area contributed by atoms with Crippen LogP contribution in [0, 0.1) is 0 Å². The second-order valence-electron chi connectivity index (χ2n) is 9.14. The van der Waals surface area contributed by atoms with Crippen LogP contribution in [0.3, 0.4) is 0 Å². The van der Waals surface area contributed by atoms with Crippen molar-refractivity contribution in [2.45, 2.75) is 71.4 Å². The van der Waals surface area contributed by atoms with Gasteiger partial charge in [-0.05, 0) is 61.1 Å². The lowest BCUT2D eigenvalue weighted by Gasteiger charge is -2.19. The average Bonchev–Trinajstić information content (AvgIpc) is 3.07. The number of benzene rings is 1. The van der Waals surface area contributed by atoms with E-state index in [0.717, 1.165) is 41.5 Å². The van der Waals surface area contributed by atoms with Crippen LogP contribution >= 0.6 is 0 Å². The molecule has 0 heterocycles. The fourth-order valence-electron chi connectivity index (χ4n) is 4.87. The third kappa shape index (κ3) is 5.89. The van der Waals surface area contributed by atoms with Crippen LogP contribution in [0.25, 0.3) is 11.1 Å². The van der Waals surface area contributed by atoms with Crippen LogP contribution in [0.1, 0.15) is 70.0 Å². The Labute approximate surface area is 208 Å². The molecule has 2 atom stereocenters. The molecule has 0 aromatic heterocycles. The van der Waals surface area contributed by atoms with Crippen LogP contribution in [-0.4, -0.2) is 33.3 Å². The van der Waals surface area contributed by atoms with E-state index in [0.29, 0.717) is 35.8 Å². The third-order valence-electron chi connectivity index (χ3n) is 6.56. The van der Waals surface area contributed by atoms with Crippen molar-refractivity contribution in [1.82, 2.24) is 5.32 Å². The van der Waals surface area contributed by atoms with Crippen molar-refractivity contribution in [3.8, 4) is 28.4 Å². The Kier molecular flexibility index (Phi) is 9.01. The fraction of sp³-hybridized carbons (Fsp3) is 0.500. The monoisotopic (exact) mass is 482 g/mol. The minimum Gasteiger partial charge on any atom is -0.493 e. The zero-order valence-electron chi connectivity index (χ0n) is 21.7. The van der Waals surface area contributed by atoms with Gasteiger partial charge >= 0.3 is 0 Å². The van der Waals surface area contributed by atoms with Gasteiger partial charge < -0.3 is 24.8 Å². The van der Waals surface area contributed by atoms with Gasteiger partial charge in [0.05, 0.1) is 33.1 Å². The number of hydrogen-bond acceptors (Lipinski definition) is 6. The van der Waals surface area contributed by atoms with Crippen LogP contribution in [0.15, 0.2) is 29.1 Å². The Morgan fingerprint density at radius 3 is 2.46 bits per heavy atom. The van der Waals surface area contributed by atoms with E-state index in [1.165, 1.54) is 13.3 Å². The van der Waals surface area contributed by atoms with E-state index in [9.17, 15) is 9.59 Å². The zero-order chi connectivity index (χ0) is 25.5. The molecule has 2 N–H and O–H groups in total. The van der Waals surface area contributed by atoms with Crippen molar-refractivity contribution >= 4 is 11.6 Å². The summed E-state index contributed by atoms with van der Waals surface area (Å²) in [4.78, 5) is 25.4. The lowest BCUT2D eigenvalue weighted by Crippen LogP contribution is -2.26. The first-order valence-corrected chi connectivity index (χ1v) is 12.4. The molecule has 0 fully saturated rings. The number of carbonyl (C=O) groups excluding carboxylic acids is 1. The maximum atomic E-state index is 13.3. The van der Waals surface area contributed by atoms with Crippen LogP contribution in [0.5, 0.6) is 17.2 Å². The molecule has 0 saturated heterocycles. The van der Waals surface area contributed by atoms with Crippen LogP contribution < -0.4 is 30.3 Å². The molecular formula is C28H38N2O5. The number of carbonyl (C=O) groups is 1. The smallest absolute Gasteiger partial charge is 0.217 e. The molecule has 1 aliphatic rings. The summed E-state index contributed by atoms with van der Waals surface area (Å²) in [6, 6.07) is 7.26. The van der Waals surface area contributed by atoms with E-state index in [2.05, 4.69) is 24.5 Å². The maximum Gasteiger partial charge on any atom is 0.217 e. The van der Waals surface area contributed by atoms with Gasteiger partial charge in [0, 0.05) is 18.5 Å². The fourth-order valence-corrected chi connectivity index (χ4v) is 4.87. The summed E-state index contributed by atoms with van der Waals surface area (Å²) in [5, 5.41) is 6.44. The minimum absolute atomic E-state index is 0.105. The van der Waals surface area contributed by atoms with Gasteiger partial charge in [-0.2, -0.15) is 0 Å². The minimum atomic E-state index is -0.313. The van der Waals surface area contributed by atoms with Crippen molar-refractivity contribution < 1.29 is 19.0 Å². The van der Waals surface area contributed by atoms with Crippen molar-refractivity contribution in [2.75, 3.05) is 26.6 Å². The van der Waals surface area contributed by atoms with E-state index in [1.54, 1.807) is 27.4 Å². The number of aryl methyl sites for hydroxylation is 1.